The largest absolute Gasteiger partial charge is 0.381 e. The highest BCUT2D eigenvalue weighted by atomic mass is 32.2. The quantitative estimate of drug-likeness (QED) is 0.883. The molecule has 1 aromatic rings. The van der Waals surface area contributed by atoms with Gasteiger partial charge in [-0.15, -0.1) is 5.10 Å². The van der Waals surface area contributed by atoms with Crippen LogP contribution < -0.4 is 5.73 Å². The van der Waals surface area contributed by atoms with Crippen molar-refractivity contribution in [3.63, 3.8) is 0 Å². The minimum Gasteiger partial charge on any atom is -0.381 e. The highest BCUT2D eigenvalue weighted by Crippen LogP contribution is 2.42. The van der Waals surface area contributed by atoms with Crippen molar-refractivity contribution in [3.8, 4) is 0 Å². The fourth-order valence-corrected chi connectivity index (χ4v) is 4.41. The monoisotopic (exact) mass is 268 g/mol. The molecule has 3 rings (SSSR count). The maximum absolute atomic E-state index is 6.04. The summed E-state index contributed by atoms with van der Waals surface area (Å²) in [6.07, 6.45) is 4.12. The zero-order valence-corrected chi connectivity index (χ0v) is 11.6. The van der Waals surface area contributed by atoms with Gasteiger partial charge in [0.25, 0.3) is 0 Å². The SMILES string of the molecule is CCc1c(N)nnn1C1CCOC2(CCSC2)C1. The van der Waals surface area contributed by atoms with E-state index in [2.05, 4.69) is 17.2 Å². The van der Waals surface area contributed by atoms with Crippen LogP contribution >= 0.6 is 11.8 Å². The van der Waals surface area contributed by atoms with Crippen LogP contribution in [0.4, 0.5) is 5.82 Å². The van der Waals surface area contributed by atoms with E-state index in [1.165, 1.54) is 12.2 Å². The molecular weight excluding hydrogens is 248 g/mol. The van der Waals surface area contributed by atoms with E-state index >= 15 is 0 Å². The summed E-state index contributed by atoms with van der Waals surface area (Å²) in [4.78, 5) is 0. The Kier molecular flexibility index (Phi) is 3.23. The van der Waals surface area contributed by atoms with Crippen molar-refractivity contribution in [2.75, 3.05) is 23.8 Å². The van der Waals surface area contributed by atoms with Crippen LogP contribution in [0.1, 0.15) is 37.9 Å². The molecule has 0 saturated carbocycles. The highest BCUT2D eigenvalue weighted by Gasteiger charge is 2.41. The number of nitrogen functional groups attached to an aromatic ring is 1. The number of anilines is 1. The Hall–Kier alpha value is -0.750. The van der Waals surface area contributed by atoms with Gasteiger partial charge < -0.3 is 10.5 Å². The summed E-state index contributed by atoms with van der Waals surface area (Å²) in [5, 5.41) is 8.27. The fourth-order valence-electron chi connectivity index (χ4n) is 3.04. The third-order valence-corrected chi connectivity index (χ3v) is 5.26. The zero-order valence-electron chi connectivity index (χ0n) is 10.8. The Bertz CT molecular complexity index is 428. The van der Waals surface area contributed by atoms with Gasteiger partial charge in [-0.1, -0.05) is 12.1 Å². The average Bonchev–Trinajstić information content (AvgIpc) is 2.96. The van der Waals surface area contributed by atoms with E-state index in [4.69, 9.17) is 10.5 Å². The van der Waals surface area contributed by atoms with E-state index < -0.39 is 0 Å². The standard InChI is InChI=1S/C12H20N4OS/c1-2-10-11(13)14-15-16(10)9-3-5-17-12(7-9)4-6-18-8-12/h9H,2-8,13H2,1H3. The van der Waals surface area contributed by atoms with Crippen LogP contribution in [0.25, 0.3) is 0 Å². The van der Waals surface area contributed by atoms with Crippen molar-refractivity contribution >= 4 is 17.6 Å². The first-order chi connectivity index (χ1) is 8.74. The van der Waals surface area contributed by atoms with Gasteiger partial charge in [-0.25, -0.2) is 4.68 Å². The number of hydrogen-bond acceptors (Lipinski definition) is 5. The second-order valence-electron chi connectivity index (χ2n) is 5.20. The van der Waals surface area contributed by atoms with Crippen molar-refractivity contribution in [2.45, 2.75) is 44.2 Å². The second-order valence-corrected chi connectivity index (χ2v) is 6.31. The van der Waals surface area contributed by atoms with Crippen LogP contribution in [-0.2, 0) is 11.2 Å². The number of ether oxygens (including phenoxy) is 1. The molecule has 2 N–H and O–H groups in total. The average molecular weight is 268 g/mol. The Morgan fingerprint density at radius 1 is 1.61 bits per heavy atom. The summed E-state index contributed by atoms with van der Waals surface area (Å²) in [5.41, 5.74) is 7.03. The number of rotatable bonds is 2. The Balaban J connectivity index is 1.83. The summed E-state index contributed by atoms with van der Waals surface area (Å²) in [5.74, 6) is 2.92. The lowest BCUT2D eigenvalue weighted by molar-refractivity contribution is -0.0783. The van der Waals surface area contributed by atoms with Gasteiger partial charge in [0.15, 0.2) is 5.82 Å². The first-order valence-corrected chi connectivity index (χ1v) is 7.81. The van der Waals surface area contributed by atoms with Gasteiger partial charge in [0.2, 0.25) is 0 Å². The van der Waals surface area contributed by atoms with Gasteiger partial charge in [-0.3, -0.25) is 0 Å². The van der Waals surface area contributed by atoms with Gasteiger partial charge in [0, 0.05) is 12.4 Å². The highest BCUT2D eigenvalue weighted by molar-refractivity contribution is 7.99. The number of hydrogen-bond donors (Lipinski definition) is 1. The fraction of sp³-hybridized carbons (Fsp3) is 0.833. The van der Waals surface area contributed by atoms with E-state index in [0.29, 0.717) is 11.9 Å². The van der Waals surface area contributed by atoms with Crippen LogP contribution in [-0.4, -0.2) is 38.7 Å². The molecule has 2 aliphatic heterocycles. The predicted octanol–water partition coefficient (Wildman–Crippen LogP) is 1.65. The molecule has 2 unspecified atom stereocenters. The molecule has 5 nitrogen and oxygen atoms in total. The maximum atomic E-state index is 6.04. The molecule has 0 radical (unpaired) electrons. The van der Waals surface area contributed by atoms with Gasteiger partial charge in [0.1, 0.15) is 0 Å². The molecule has 1 spiro atoms. The molecule has 1 aromatic heterocycles. The lowest BCUT2D eigenvalue weighted by Gasteiger charge is -2.38. The van der Waals surface area contributed by atoms with Crippen molar-refractivity contribution in [1.82, 2.24) is 15.0 Å². The topological polar surface area (TPSA) is 66.0 Å². The second kappa shape index (κ2) is 4.74. The predicted molar refractivity (Wildman–Crippen MR) is 72.7 cm³/mol. The van der Waals surface area contributed by atoms with E-state index in [1.54, 1.807) is 0 Å². The molecule has 2 aliphatic rings. The molecule has 2 fully saturated rings. The van der Waals surface area contributed by atoms with Gasteiger partial charge >= 0.3 is 0 Å². The van der Waals surface area contributed by atoms with Crippen LogP contribution in [0.3, 0.4) is 0 Å². The number of nitrogens with zero attached hydrogens (tertiary/aromatic N) is 3. The van der Waals surface area contributed by atoms with Crippen LogP contribution in [0, 0.1) is 0 Å². The van der Waals surface area contributed by atoms with E-state index in [9.17, 15) is 0 Å². The number of aromatic nitrogens is 3. The summed E-state index contributed by atoms with van der Waals surface area (Å²) in [6.45, 7) is 2.93. The van der Waals surface area contributed by atoms with Crippen molar-refractivity contribution in [3.05, 3.63) is 5.69 Å². The minimum absolute atomic E-state index is 0.0826. The van der Waals surface area contributed by atoms with Gasteiger partial charge in [-0.05, 0) is 31.4 Å². The van der Waals surface area contributed by atoms with Crippen molar-refractivity contribution in [2.24, 2.45) is 0 Å². The van der Waals surface area contributed by atoms with Crippen LogP contribution in [0.2, 0.25) is 0 Å². The van der Waals surface area contributed by atoms with E-state index in [0.717, 1.165) is 37.3 Å². The number of nitrogens with two attached hydrogens (primary N) is 1. The maximum Gasteiger partial charge on any atom is 0.169 e. The first kappa shape index (κ1) is 12.3. The molecule has 0 aliphatic carbocycles. The summed E-state index contributed by atoms with van der Waals surface area (Å²) in [6, 6.07) is 0.400. The Morgan fingerprint density at radius 2 is 2.50 bits per heavy atom. The summed E-state index contributed by atoms with van der Waals surface area (Å²) in [7, 11) is 0. The minimum atomic E-state index is 0.0826. The lowest BCUT2D eigenvalue weighted by atomic mass is 9.90. The van der Waals surface area contributed by atoms with Crippen LogP contribution in [0.5, 0.6) is 0 Å². The summed E-state index contributed by atoms with van der Waals surface area (Å²) >= 11 is 2.00. The Morgan fingerprint density at radius 3 is 3.22 bits per heavy atom. The van der Waals surface area contributed by atoms with Crippen molar-refractivity contribution in [1.29, 1.82) is 0 Å². The molecule has 100 valence electrons. The molecule has 18 heavy (non-hydrogen) atoms. The third kappa shape index (κ3) is 2.01. The molecule has 3 heterocycles. The van der Waals surface area contributed by atoms with Gasteiger partial charge in [-0.2, -0.15) is 11.8 Å². The van der Waals surface area contributed by atoms with E-state index in [-0.39, 0.29) is 5.60 Å². The lowest BCUT2D eigenvalue weighted by Crippen LogP contribution is -2.41. The zero-order chi connectivity index (χ0) is 12.6. The molecule has 0 amide bonds. The van der Waals surface area contributed by atoms with Crippen LogP contribution in [0.15, 0.2) is 0 Å². The molecule has 2 atom stereocenters. The van der Waals surface area contributed by atoms with Gasteiger partial charge in [0.05, 0.1) is 17.3 Å². The third-order valence-electron chi connectivity index (χ3n) is 4.04. The normalized spacial score (nSPS) is 32.2. The Labute approximate surface area is 111 Å². The van der Waals surface area contributed by atoms with Crippen molar-refractivity contribution < 1.29 is 4.74 Å². The first-order valence-electron chi connectivity index (χ1n) is 6.65. The molecule has 0 aromatic carbocycles. The molecule has 0 bridgehead atoms. The van der Waals surface area contributed by atoms with E-state index in [1.807, 2.05) is 16.4 Å². The summed E-state index contributed by atoms with van der Waals surface area (Å²) < 4.78 is 8.09. The molecular formula is C12H20N4OS. The molecule has 6 heteroatoms. The smallest absolute Gasteiger partial charge is 0.169 e. The molecule has 2 saturated heterocycles. The number of thioether (sulfide) groups is 1.